The molecule has 4 aromatic carbocycles. The number of nitrogens with zero attached hydrogens (tertiary/aromatic N) is 3. The number of carboxylic acid groups (broad SMARTS) is 1. The van der Waals surface area contributed by atoms with Gasteiger partial charge in [0, 0.05) is 55.5 Å². The molecule has 12 amide bonds. The van der Waals surface area contributed by atoms with Gasteiger partial charge in [-0.25, -0.2) is 9.78 Å². The fraction of sp³-hybridized carbons (Fsp3) is 0.358. The minimum absolute atomic E-state index is 0.00914. The Bertz CT molecular complexity index is 4060. The average Bonchev–Trinajstić information content (AvgIpc) is 0.915. The fourth-order valence-corrected chi connectivity index (χ4v) is 11.2. The number of primary amides is 2. The Kier molecular flexibility index (Phi) is 26.7. The number of phenols is 2. The molecule has 0 aliphatic carbocycles. The van der Waals surface area contributed by atoms with Crippen LogP contribution in [0.25, 0.3) is 10.9 Å². The number of nitrogens with one attached hydrogen (secondary N) is 11. The smallest absolute Gasteiger partial charge is 0.350 e. The lowest BCUT2D eigenvalue weighted by molar-refractivity contribution is -0.168. The van der Waals surface area contributed by atoms with Gasteiger partial charge >= 0.3 is 5.97 Å². The van der Waals surface area contributed by atoms with Crippen molar-refractivity contribution in [2.45, 2.75) is 145 Å². The summed E-state index contributed by atoms with van der Waals surface area (Å²) >= 11 is 0. The molecule has 1 aliphatic heterocycles. The van der Waals surface area contributed by atoms with Crippen LogP contribution >= 0.6 is 0 Å². The molecule has 6 aromatic rings. The summed E-state index contributed by atoms with van der Waals surface area (Å²) in [5, 5.41) is 54.4. The molecule has 102 heavy (non-hydrogen) atoms. The number of H-pyrrole nitrogens is 2. The molecule has 11 atom stereocenters. The number of guanidine groups is 1. The van der Waals surface area contributed by atoms with Crippen molar-refractivity contribution in [2.24, 2.45) is 33.7 Å². The largest absolute Gasteiger partial charge is 0.508 e. The van der Waals surface area contributed by atoms with Crippen LogP contribution in [0.2, 0.25) is 0 Å². The maximum atomic E-state index is 15.7. The van der Waals surface area contributed by atoms with Crippen LogP contribution in [0.15, 0.2) is 127 Å². The normalized spacial score (nSPS) is 22.4. The Morgan fingerprint density at radius 3 is 1.74 bits per heavy atom. The number of nitrogens with two attached hydrogens (primary N) is 5. The molecular weight excluding hydrogens is 1330 g/mol. The number of hydrogen-bond donors (Lipinski definition) is 19. The number of aliphatic carboxylic acids is 1. The summed E-state index contributed by atoms with van der Waals surface area (Å²) in [5.74, 6) is -17.3. The topological polar surface area (TPSA) is 581 Å². The number of carbonyl (C=O) groups excluding carboxylic acids is 12. The number of imidazole rings is 1. The highest BCUT2D eigenvalue weighted by Gasteiger charge is 2.51. The van der Waals surface area contributed by atoms with Gasteiger partial charge in [-0.2, -0.15) is 0 Å². The molecule has 0 radical (unpaired) electrons. The van der Waals surface area contributed by atoms with E-state index in [0.717, 1.165) is 13.8 Å². The van der Waals surface area contributed by atoms with Crippen LogP contribution in [-0.4, -0.2) is 191 Å². The van der Waals surface area contributed by atoms with E-state index in [4.69, 9.17) is 28.7 Å². The van der Waals surface area contributed by atoms with E-state index in [-0.39, 0.29) is 60.9 Å². The van der Waals surface area contributed by atoms with Crippen molar-refractivity contribution in [1.82, 2.24) is 67.7 Å². The van der Waals surface area contributed by atoms with Crippen molar-refractivity contribution in [1.29, 1.82) is 0 Å². The predicted molar refractivity (Wildman–Crippen MR) is 365 cm³/mol. The van der Waals surface area contributed by atoms with E-state index < -0.39 is 175 Å². The molecular formula is C67H83N19O16. The van der Waals surface area contributed by atoms with Crippen LogP contribution in [0.5, 0.6) is 11.5 Å². The second-order valence-corrected chi connectivity index (χ2v) is 24.6. The van der Waals surface area contributed by atoms with Crippen LogP contribution in [0.1, 0.15) is 74.4 Å². The highest BCUT2D eigenvalue weighted by atomic mass is 16.4. The predicted octanol–water partition coefficient (Wildman–Crippen LogP) is -4.01. The first kappa shape index (κ1) is 76.9. The average molecular weight is 1410 g/mol. The number of para-hydroxylation sites is 1. The van der Waals surface area contributed by atoms with Crippen molar-refractivity contribution < 1.29 is 77.6 Å². The number of fused-ring (bicyclic) bond motifs is 1. The molecule has 1 saturated heterocycles. The van der Waals surface area contributed by atoms with Gasteiger partial charge in [0.1, 0.15) is 65.9 Å². The zero-order valence-corrected chi connectivity index (χ0v) is 55.8. The Hall–Kier alpha value is -12.4. The summed E-state index contributed by atoms with van der Waals surface area (Å²) in [7, 11) is 0. The number of carbonyl (C=O) groups is 13. The molecule has 0 unspecified atom stereocenters. The number of aromatic nitrogens is 3. The summed E-state index contributed by atoms with van der Waals surface area (Å²) < 4.78 is 0. The van der Waals surface area contributed by atoms with Gasteiger partial charge in [0.25, 0.3) is 0 Å². The number of rotatable bonds is 21. The van der Waals surface area contributed by atoms with Gasteiger partial charge in [-0.15, -0.1) is 0 Å². The number of hydrogen-bond acceptors (Lipinski definition) is 18. The molecule has 1 fully saturated rings. The number of aromatic amines is 2. The molecule has 0 saturated carbocycles. The van der Waals surface area contributed by atoms with Gasteiger partial charge in [0.05, 0.1) is 30.9 Å². The Morgan fingerprint density at radius 2 is 1.15 bits per heavy atom. The third kappa shape index (κ3) is 21.5. The zero-order valence-electron chi connectivity index (χ0n) is 55.8. The van der Waals surface area contributed by atoms with Crippen LogP contribution in [0.3, 0.4) is 0 Å². The summed E-state index contributed by atoms with van der Waals surface area (Å²) in [6, 6.07) is 7.23. The standard InChI is InChI=1S/C67H83N19O16/c1-34-56(92)79-46(14-9-23-74-66(71)72)59(95)82-48(27-39-31-75-45-13-8-7-12-43(39)45)62(98)84-50(29-53(69)89)61(97)78-35(2)57(93)80-47(25-36-10-5-4-6-11-36)64(100)85-67(3,65(101)102)86(52(55(70)91)26-38-17-21-42(88)22-18-38)54(90)30-51(81-58(94)44(68)24-37-15-19-41(87)20-16-37)63(99)83-49(60(96)77-34)28-40-32-73-33-76-40/h4-8,10-13,15-22,31-35,44,46-52,75,87-88H,9,14,23-30,68H2,1-3H3,(H2,69,89)(H2,70,91)(H,73,76)(H,77,96)(H,78,97)(H,79,92)(H,80,93)(H,81,94)(H,82,95)(H,83,99)(H,84,98)(H,85,100)(H,101,102)(H4,71,72,74)/t34-,35-,44-,46-,47-,48-,49-,50-,51-,52-,67-/m0/s1. The lowest BCUT2D eigenvalue weighted by Crippen LogP contribution is -2.72. The minimum Gasteiger partial charge on any atom is -0.508 e. The molecule has 542 valence electrons. The molecule has 35 heteroatoms. The van der Waals surface area contributed by atoms with E-state index in [1.807, 2.05) is 0 Å². The van der Waals surface area contributed by atoms with Crippen molar-refractivity contribution in [3.05, 3.63) is 150 Å². The molecule has 3 heterocycles. The maximum Gasteiger partial charge on any atom is 0.350 e. The van der Waals surface area contributed by atoms with Gasteiger partial charge in [0.15, 0.2) is 5.96 Å². The van der Waals surface area contributed by atoms with E-state index in [2.05, 4.69) is 67.8 Å². The third-order valence-electron chi connectivity index (χ3n) is 16.6. The van der Waals surface area contributed by atoms with E-state index in [1.165, 1.54) is 80.1 Å². The highest BCUT2D eigenvalue weighted by molar-refractivity contribution is 6.02. The lowest BCUT2D eigenvalue weighted by Gasteiger charge is -2.43. The number of aliphatic imine (C=N–C) groups is 1. The monoisotopic (exact) mass is 1410 g/mol. The quantitative estimate of drug-likeness (QED) is 0.0185. The number of amides is 12. The van der Waals surface area contributed by atoms with E-state index >= 15 is 14.4 Å². The van der Waals surface area contributed by atoms with Gasteiger partial charge < -0.3 is 102 Å². The van der Waals surface area contributed by atoms with Crippen LogP contribution in [0.4, 0.5) is 0 Å². The Balaban J connectivity index is 1.38. The Labute approximate surface area is 583 Å². The van der Waals surface area contributed by atoms with Crippen LogP contribution in [0, 0.1) is 0 Å². The van der Waals surface area contributed by atoms with Crippen LogP contribution in [-0.2, 0) is 94.4 Å². The fourth-order valence-electron chi connectivity index (χ4n) is 11.2. The van der Waals surface area contributed by atoms with Gasteiger partial charge in [-0.1, -0.05) is 72.8 Å². The molecule has 2 aromatic heterocycles. The molecule has 0 spiro atoms. The van der Waals surface area contributed by atoms with E-state index in [1.54, 1.807) is 48.7 Å². The van der Waals surface area contributed by atoms with Crippen LogP contribution < -0.4 is 76.5 Å². The van der Waals surface area contributed by atoms with Crippen molar-refractivity contribution >= 4 is 93.7 Å². The first-order chi connectivity index (χ1) is 48.4. The van der Waals surface area contributed by atoms with Gasteiger partial charge in [-0.3, -0.25) is 67.4 Å². The summed E-state index contributed by atoms with van der Waals surface area (Å²) in [6.07, 6.45) is -0.514. The van der Waals surface area contributed by atoms with Crippen molar-refractivity contribution in [3.63, 3.8) is 0 Å². The van der Waals surface area contributed by atoms with Crippen molar-refractivity contribution in [3.8, 4) is 11.5 Å². The second kappa shape index (κ2) is 35.4. The second-order valence-electron chi connectivity index (χ2n) is 24.6. The minimum atomic E-state index is -3.18. The van der Waals surface area contributed by atoms with Gasteiger partial charge in [-0.05, 0) is 92.6 Å². The summed E-state index contributed by atoms with van der Waals surface area (Å²) in [4.78, 5) is 203. The summed E-state index contributed by atoms with van der Waals surface area (Å²) in [5.41, 5.74) is 28.2. The van der Waals surface area contributed by atoms with Gasteiger partial charge in [0.2, 0.25) is 76.5 Å². The van der Waals surface area contributed by atoms with Crippen molar-refractivity contribution in [2.75, 3.05) is 6.54 Å². The third-order valence-corrected chi connectivity index (χ3v) is 16.6. The first-order valence-electron chi connectivity index (χ1n) is 32.2. The highest BCUT2D eigenvalue weighted by Crippen LogP contribution is 2.25. The molecule has 24 N–H and O–H groups in total. The number of phenolic OH excluding ortho intramolecular Hbond substituents is 2. The number of benzene rings is 4. The number of aromatic hydroxyl groups is 2. The number of carboxylic acids is 1. The Morgan fingerprint density at radius 1 is 0.618 bits per heavy atom. The first-order valence-corrected chi connectivity index (χ1v) is 32.2. The van der Waals surface area contributed by atoms with E-state index in [0.29, 0.717) is 32.5 Å². The summed E-state index contributed by atoms with van der Waals surface area (Å²) in [6.45, 7) is 3.05. The molecule has 35 nitrogen and oxygen atoms in total. The lowest BCUT2D eigenvalue weighted by atomic mass is 9.97. The zero-order chi connectivity index (χ0) is 74.5. The molecule has 0 bridgehead atoms. The SMILES string of the molecule is C[C@@H]1NC(=O)[C@H](CC(N)=O)NC(=O)[C@H](Cc2c[nH]c3ccccc23)NC(=O)[C@H](CCCN=C(N)N)NC(=O)[C@H](C)NC(=O)[C@H](Cc2c[nH]cn2)NC(=O)[C@@H](NC(=O)[C@@H](N)Cc2ccc(O)cc2)CC(=O)N([C@@H](Cc2ccc(O)cc2)C(N)=O)[C@@](C)(C(=O)O)NC(=O)[C@H](Cc2ccccc2)NC1=O. The van der Waals surface area contributed by atoms with E-state index in [9.17, 15) is 63.3 Å². The molecule has 1 aliphatic rings. The molecule has 7 rings (SSSR count). The maximum absolute atomic E-state index is 15.7.